The van der Waals surface area contributed by atoms with Crippen molar-refractivity contribution >= 4 is 28.5 Å². The molecule has 2 aromatic heterocycles. The van der Waals surface area contributed by atoms with E-state index in [1.54, 1.807) is 10.8 Å². The molecule has 4 nitrogen and oxygen atoms in total. The van der Waals surface area contributed by atoms with Crippen molar-refractivity contribution < 1.29 is 9.53 Å². The van der Waals surface area contributed by atoms with Crippen molar-refractivity contribution in [2.24, 2.45) is 0 Å². The fraction of sp³-hybridized carbons (Fsp3) is 0.385. The van der Waals surface area contributed by atoms with Gasteiger partial charge in [0.2, 0.25) is 0 Å². The van der Waals surface area contributed by atoms with E-state index in [2.05, 4.69) is 4.98 Å². The van der Waals surface area contributed by atoms with Gasteiger partial charge in [-0.25, -0.2) is 4.98 Å². The molecule has 18 heavy (non-hydrogen) atoms. The lowest BCUT2D eigenvalue weighted by atomic mass is 10.2. The van der Waals surface area contributed by atoms with E-state index < -0.39 is 5.60 Å². The molecule has 0 N–H and O–H groups in total. The molecule has 0 saturated carbocycles. The average Bonchev–Trinajstić information content (AvgIpc) is 2.59. The summed E-state index contributed by atoms with van der Waals surface area (Å²) in [6.07, 6.45) is 3.45. The molecule has 0 amide bonds. The number of nitrogens with zero attached hydrogens (tertiary/aromatic N) is 2. The van der Waals surface area contributed by atoms with Crippen LogP contribution in [0.1, 0.15) is 20.8 Å². The molecule has 0 unspecified atom stereocenters. The van der Waals surface area contributed by atoms with Gasteiger partial charge in [0, 0.05) is 17.8 Å². The van der Waals surface area contributed by atoms with Crippen molar-refractivity contribution in [1.29, 1.82) is 0 Å². The van der Waals surface area contributed by atoms with Crippen LogP contribution in [0.3, 0.4) is 0 Å². The van der Waals surface area contributed by atoms with Gasteiger partial charge in [-0.15, -0.1) is 0 Å². The van der Waals surface area contributed by atoms with Crippen LogP contribution in [-0.2, 0) is 16.1 Å². The molecule has 0 aliphatic carbocycles. The largest absolute Gasteiger partial charge is 0.459 e. The molecule has 0 aliphatic rings. The number of carbonyl (C=O) groups is 1. The summed E-state index contributed by atoms with van der Waals surface area (Å²) in [5, 5.41) is 1.35. The Morgan fingerprint density at radius 3 is 2.83 bits per heavy atom. The minimum absolute atomic E-state index is 0.131. The summed E-state index contributed by atoms with van der Waals surface area (Å²) in [4.78, 5) is 15.8. The lowest BCUT2D eigenvalue weighted by Gasteiger charge is -2.19. The van der Waals surface area contributed by atoms with Gasteiger partial charge in [-0.1, -0.05) is 11.6 Å². The zero-order valence-electron chi connectivity index (χ0n) is 10.6. The Kier molecular flexibility index (Phi) is 3.30. The summed E-state index contributed by atoms with van der Waals surface area (Å²) < 4.78 is 7.03. The summed E-state index contributed by atoms with van der Waals surface area (Å²) in [6, 6.07) is 3.75. The second-order valence-electron chi connectivity index (χ2n) is 5.07. The number of esters is 1. The van der Waals surface area contributed by atoms with Crippen LogP contribution in [0.25, 0.3) is 10.9 Å². The lowest BCUT2D eigenvalue weighted by molar-refractivity contribution is -0.155. The summed E-state index contributed by atoms with van der Waals surface area (Å²) in [5.41, 5.74) is 0.271. The smallest absolute Gasteiger partial charge is 0.326 e. The van der Waals surface area contributed by atoms with Crippen molar-refractivity contribution in [3.63, 3.8) is 0 Å². The van der Waals surface area contributed by atoms with E-state index in [1.807, 2.05) is 39.1 Å². The Hall–Kier alpha value is -1.55. The van der Waals surface area contributed by atoms with E-state index in [4.69, 9.17) is 16.3 Å². The van der Waals surface area contributed by atoms with E-state index in [9.17, 15) is 4.79 Å². The van der Waals surface area contributed by atoms with Crippen LogP contribution in [0.15, 0.2) is 24.5 Å². The first kappa shape index (κ1) is 12.9. The Labute approximate surface area is 111 Å². The summed E-state index contributed by atoms with van der Waals surface area (Å²) in [5.74, 6) is -0.292. The highest BCUT2D eigenvalue weighted by Gasteiger charge is 2.17. The molecule has 0 atom stereocenters. The molecule has 0 fully saturated rings. The van der Waals surface area contributed by atoms with Crippen molar-refractivity contribution in [2.75, 3.05) is 0 Å². The number of halogens is 1. The zero-order valence-corrected chi connectivity index (χ0v) is 11.4. The Morgan fingerprint density at radius 1 is 1.44 bits per heavy atom. The first-order valence-corrected chi connectivity index (χ1v) is 6.06. The van der Waals surface area contributed by atoms with Gasteiger partial charge in [-0.3, -0.25) is 4.79 Å². The molecule has 2 heterocycles. The van der Waals surface area contributed by atoms with Gasteiger partial charge in [0.15, 0.2) is 5.15 Å². The minimum Gasteiger partial charge on any atom is -0.459 e. The van der Waals surface area contributed by atoms with Crippen molar-refractivity contribution in [3.8, 4) is 0 Å². The molecule has 0 spiro atoms. The monoisotopic (exact) mass is 266 g/mol. The third kappa shape index (κ3) is 2.82. The van der Waals surface area contributed by atoms with Gasteiger partial charge in [0.25, 0.3) is 0 Å². The Bertz CT molecular complexity index is 584. The normalized spacial score (nSPS) is 11.8. The molecule has 2 aromatic rings. The minimum atomic E-state index is -0.484. The fourth-order valence-corrected chi connectivity index (χ4v) is 2.02. The molecule has 0 bridgehead atoms. The Morgan fingerprint density at radius 2 is 2.17 bits per heavy atom. The van der Waals surface area contributed by atoms with Crippen LogP contribution >= 0.6 is 11.6 Å². The number of rotatable bonds is 2. The number of hydrogen-bond acceptors (Lipinski definition) is 3. The maximum absolute atomic E-state index is 11.8. The first-order valence-electron chi connectivity index (χ1n) is 5.68. The summed E-state index contributed by atoms with van der Waals surface area (Å²) >= 11 is 6.04. The highest BCUT2D eigenvalue weighted by Crippen LogP contribution is 2.22. The second-order valence-corrected chi connectivity index (χ2v) is 5.43. The van der Waals surface area contributed by atoms with Crippen molar-refractivity contribution in [1.82, 2.24) is 9.55 Å². The molecule has 0 aromatic carbocycles. The third-order valence-electron chi connectivity index (χ3n) is 2.35. The number of ether oxygens (including phenoxy) is 1. The fourth-order valence-electron chi connectivity index (χ4n) is 1.75. The highest BCUT2D eigenvalue weighted by molar-refractivity contribution is 6.33. The van der Waals surface area contributed by atoms with E-state index in [-0.39, 0.29) is 12.5 Å². The quantitative estimate of drug-likeness (QED) is 0.620. The second kappa shape index (κ2) is 4.61. The topological polar surface area (TPSA) is 44.1 Å². The van der Waals surface area contributed by atoms with Gasteiger partial charge in [0.1, 0.15) is 12.1 Å². The van der Waals surface area contributed by atoms with E-state index in [1.165, 1.54) is 0 Å². The van der Waals surface area contributed by atoms with Gasteiger partial charge < -0.3 is 9.30 Å². The predicted molar refractivity (Wildman–Crippen MR) is 70.6 cm³/mol. The lowest BCUT2D eigenvalue weighted by Crippen LogP contribution is -2.26. The number of carbonyl (C=O) groups excluding carboxylic acids is 1. The van der Waals surface area contributed by atoms with Gasteiger partial charge in [0.05, 0.1) is 5.52 Å². The number of pyridine rings is 1. The average molecular weight is 267 g/mol. The van der Waals surface area contributed by atoms with Crippen molar-refractivity contribution in [3.05, 3.63) is 29.7 Å². The van der Waals surface area contributed by atoms with Gasteiger partial charge in [-0.05, 0) is 32.9 Å². The van der Waals surface area contributed by atoms with Crippen LogP contribution in [-0.4, -0.2) is 21.1 Å². The maximum Gasteiger partial charge on any atom is 0.326 e. The summed E-state index contributed by atoms with van der Waals surface area (Å²) in [6.45, 7) is 5.65. The predicted octanol–water partition coefficient (Wildman–Crippen LogP) is 3.03. The Balaban J connectivity index is 2.25. The number of fused-ring (bicyclic) bond motifs is 1. The van der Waals surface area contributed by atoms with Gasteiger partial charge >= 0.3 is 5.97 Å². The van der Waals surface area contributed by atoms with Crippen LogP contribution in [0, 0.1) is 0 Å². The van der Waals surface area contributed by atoms with Crippen LogP contribution in [0.4, 0.5) is 0 Å². The third-order valence-corrected chi connectivity index (χ3v) is 2.63. The SMILES string of the molecule is CC(C)(C)OC(=O)Cn1ccc2ccnc(Cl)c21. The first-order chi connectivity index (χ1) is 8.37. The number of aromatic nitrogens is 2. The van der Waals surface area contributed by atoms with E-state index in [0.29, 0.717) is 5.15 Å². The molecule has 96 valence electrons. The van der Waals surface area contributed by atoms with Crippen molar-refractivity contribution in [2.45, 2.75) is 32.9 Å². The molecule has 5 heteroatoms. The maximum atomic E-state index is 11.8. The highest BCUT2D eigenvalue weighted by atomic mass is 35.5. The van der Waals surface area contributed by atoms with E-state index >= 15 is 0 Å². The summed E-state index contributed by atoms with van der Waals surface area (Å²) in [7, 11) is 0. The van der Waals surface area contributed by atoms with Crippen LogP contribution in [0.2, 0.25) is 5.15 Å². The van der Waals surface area contributed by atoms with E-state index in [0.717, 1.165) is 10.9 Å². The molecule has 0 radical (unpaired) electrons. The number of hydrogen-bond donors (Lipinski definition) is 0. The molecule has 0 saturated heterocycles. The zero-order chi connectivity index (χ0) is 13.3. The van der Waals surface area contributed by atoms with Gasteiger partial charge in [-0.2, -0.15) is 0 Å². The molecular formula is C13H15ClN2O2. The molecular weight excluding hydrogens is 252 g/mol. The molecule has 0 aliphatic heterocycles. The molecule has 2 rings (SSSR count). The van der Waals surface area contributed by atoms with Crippen LogP contribution in [0.5, 0.6) is 0 Å². The van der Waals surface area contributed by atoms with Crippen LogP contribution < -0.4 is 0 Å². The standard InChI is InChI=1S/C13H15ClN2O2/c1-13(2,3)18-10(17)8-16-7-5-9-4-6-15-12(14)11(9)16/h4-7H,8H2,1-3H3.